The predicted octanol–water partition coefficient (Wildman–Crippen LogP) is 3.54. The zero-order chi connectivity index (χ0) is 24.7. The van der Waals surface area contributed by atoms with Crippen molar-refractivity contribution < 1.29 is 19.5 Å². The van der Waals surface area contributed by atoms with Gasteiger partial charge in [-0.15, -0.1) is 0 Å². The van der Waals surface area contributed by atoms with E-state index in [0.717, 1.165) is 25.8 Å². The maximum atomic E-state index is 13.4. The molecule has 0 bridgehead atoms. The number of likely N-dealkylation sites (tertiary alicyclic amines) is 1. The third-order valence-corrected chi connectivity index (χ3v) is 6.73. The Morgan fingerprint density at radius 2 is 1.69 bits per heavy atom. The lowest BCUT2D eigenvalue weighted by atomic mass is 9.89. The zero-order valence-electron chi connectivity index (χ0n) is 21.5. The Bertz CT molecular complexity index is 687. The van der Waals surface area contributed by atoms with Crippen LogP contribution in [-0.4, -0.2) is 70.4 Å². The van der Waals surface area contributed by atoms with Crippen LogP contribution in [0.1, 0.15) is 74.7 Å². The van der Waals surface area contributed by atoms with Crippen molar-refractivity contribution in [3.05, 3.63) is 11.6 Å². The summed E-state index contributed by atoms with van der Waals surface area (Å²) in [6.45, 7) is 16.6. The van der Waals surface area contributed by atoms with Gasteiger partial charge in [-0.1, -0.05) is 47.1 Å². The van der Waals surface area contributed by atoms with Crippen molar-refractivity contribution in [3.8, 4) is 0 Å². The molecule has 0 aromatic carbocycles. The molecule has 4 atom stereocenters. The average Bonchev–Trinajstić information content (AvgIpc) is 2.73. The van der Waals surface area contributed by atoms with Gasteiger partial charge in [-0.3, -0.25) is 14.5 Å². The molecule has 1 heterocycles. The summed E-state index contributed by atoms with van der Waals surface area (Å²) in [5.74, 6) is -0.743. The number of carbonyl (C=O) groups excluding carboxylic acids is 2. The lowest BCUT2D eigenvalue weighted by Gasteiger charge is -2.42. The van der Waals surface area contributed by atoms with Gasteiger partial charge in [-0.05, 0) is 51.4 Å². The number of carboxylic acids is 1. The first-order valence-electron chi connectivity index (χ1n) is 12.1. The van der Waals surface area contributed by atoms with E-state index in [9.17, 15) is 19.5 Å². The van der Waals surface area contributed by atoms with Crippen LogP contribution in [-0.2, 0) is 14.4 Å². The van der Waals surface area contributed by atoms with Crippen molar-refractivity contribution in [1.29, 1.82) is 0 Å². The van der Waals surface area contributed by atoms with Gasteiger partial charge in [0.25, 0.3) is 0 Å². The second-order valence-electron chi connectivity index (χ2n) is 10.2. The highest BCUT2D eigenvalue weighted by molar-refractivity contribution is 5.90. The first-order chi connectivity index (χ1) is 14.8. The first kappa shape index (κ1) is 28.1. The summed E-state index contributed by atoms with van der Waals surface area (Å²) in [5.41, 5.74) is 0.203. The van der Waals surface area contributed by atoms with Gasteiger partial charge >= 0.3 is 5.97 Å². The predicted molar refractivity (Wildman–Crippen MR) is 128 cm³/mol. The molecule has 184 valence electrons. The van der Waals surface area contributed by atoms with Gasteiger partial charge < -0.3 is 15.3 Å². The van der Waals surface area contributed by atoms with Crippen molar-refractivity contribution in [2.75, 3.05) is 13.6 Å². The van der Waals surface area contributed by atoms with Crippen LogP contribution in [0.5, 0.6) is 0 Å². The van der Waals surface area contributed by atoms with Crippen molar-refractivity contribution in [2.45, 2.75) is 98.8 Å². The van der Waals surface area contributed by atoms with E-state index >= 15 is 0 Å². The smallest absolute Gasteiger partial charge is 0.331 e. The number of carboxylic acid groups (broad SMARTS) is 1. The molecule has 7 nitrogen and oxygen atoms in total. The molecule has 2 amide bonds. The summed E-state index contributed by atoms with van der Waals surface area (Å²) >= 11 is 0. The van der Waals surface area contributed by atoms with Crippen LogP contribution in [0.4, 0.5) is 0 Å². The molecule has 1 aliphatic rings. The summed E-state index contributed by atoms with van der Waals surface area (Å²) in [5, 5.41) is 12.3. The van der Waals surface area contributed by atoms with Crippen LogP contribution in [0.15, 0.2) is 11.6 Å². The molecule has 0 aliphatic carbocycles. The molecule has 2 N–H and O–H groups in total. The Balaban J connectivity index is 3.06. The second kappa shape index (κ2) is 12.4. The molecule has 0 spiro atoms. The number of nitrogens with zero attached hydrogens (tertiary/aromatic N) is 2. The summed E-state index contributed by atoms with van der Waals surface area (Å²) in [6, 6.07) is -1.01. The number of amides is 2. The van der Waals surface area contributed by atoms with E-state index in [1.807, 2.05) is 27.7 Å². The normalized spacial score (nSPS) is 22.2. The number of likely N-dealkylation sites (N-methyl/N-ethyl adjacent to an activating group) is 1. The number of hydrogen-bond donors (Lipinski definition) is 2. The van der Waals surface area contributed by atoms with Crippen LogP contribution in [0.3, 0.4) is 0 Å². The van der Waals surface area contributed by atoms with Crippen molar-refractivity contribution in [3.63, 3.8) is 0 Å². The molecule has 1 aliphatic heterocycles. The molecule has 0 aromatic heterocycles. The molecule has 0 saturated carbocycles. The number of carbonyl (C=O) groups is 3. The standard InChI is InChI=1S/C25H45N3O4/c1-10-19-11-12-20(28(14-19)17(6)7)23(29)26-22(16(4)5)24(30)27(9)21(15(2)3)13-18(8)25(31)32/h13,15-17,19-22H,10-12,14H2,1-9H3,(H,26,29)(H,31,32)/b18-13+/t19-,20-,21+,22-/m0/s1. The fourth-order valence-electron chi connectivity index (χ4n) is 4.47. The van der Waals surface area contributed by atoms with Gasteiger partial charge in [0.15, 0.2) is 0 Å². The highest BCUT2D eigenvalue weighted by Crippen LogP contribution is 2.26. The average molecular weight is 452 g/mol. The van der Waals surface area contributed by atoms with E-state index in [0.29, 0.717) is 5.92 Å². The Morgan fingerprint density at radius 3 is 2.12 bits per heavy atom. The molecule has 0 aromatic rings. The van der Waals surface area contributed by atoms with Gasteiger partial charge in [0.1, 0.15) is 6.04 Å². The molecule has 7 heteroatoms. The summed E-state index contributed by atoms with van der Waals surface area (Å²) in [6.07, 6.45) is 4.55. The third-order valence-electron chi connectivity index (χ3n) is 6.73. The van der Waals surface area contributed by atoms with Crippen LogP contribution < -0.4 is 5.32 Å². The fraction of sp³-hybridized carbons (Fsp3) is 0.800. The van der Waals surface area contributed by atoms with Crippen molar-refractivity contribution >= 4 is 17.8 Å². The molecule has 1 rings (SSSR count). The summed E-state index contributed by atoms with van der Waals surface area (Å²) in [7, 11) is 1.69. The van der Waals surface area contributed by atoms with E-state index < -0.39 is 12.0 Å². The molecule has 0 unspecified atom stereocenters. The van der Waals surface area contributed by atoms with Gasteiger partial charge in [0.2, 0.25) is 11.8 Å². The molecular weight excluding hydrogens is 406 g/mol. The van der Waals surface area contributed by atoms with Gasteiger partial charge in [-0.25, -0.2) is 4.79 Å². The minimum absolute atomic E-state index is 0.0301. The highest BCUT2D eigenvalue weighted by Gasteiger charge is 2.37. The topological polar surface area (TPSA) is 90.0 Å². The van der Waals surface area contributed by atoms with Crippen LogP contribution in [0, 0.1) is 17.8 Å². The minimum Gasteiger partial charge on any atom is -0.478 e. The van der Waals surface area contributed by atoms with Gasteiger partial charge in [0, 0.05) is 25.2 Å². The largest absolute Gasteiger partial charge is 0.478 e. The molecule has 1 saturated heterocycles. The van der Waals surface area contributed by atoms with Crippen LogP contribution in [0.2, 0.25) is 0 Å². The lowest BCUT2D eigenvalue weighted by molar-refractivity contribution is -0.140. The molecular formula is C25H45N3O4. The Kier molecular flexibility index (Phi) is 10.9. The number of hydrogen-bond acceptors (Lipinski definition) is 4. The van der Waals surface area contributed by atoms with E-state index in [-0.39, 0.29) is 47.3 Å². The van der Waals surface area contributed by atoms with E-state index in [2.05, 4.69) is 31.0 Å². The molecule has 0 radical (unpaired) electrons. The number of nitrogens with one attached hydrogen (secondary N) is 1. The van der Waals surface area contributed by atoms with Crippen LogP contribution >= 0.6 is 0 Å². The SMILES string of the molecule is CC[C@H]1CC[C@@H](C(=O)N[C@H](C(=O)N(C)[C@H](/C=C(\C)C(=O)O)C(C)C)C(C)C)N(C(C)C)C1. The van der Waals surface area contributed by atoms with E-state index in [4.69, 9.17) is 0 Å². The Hall–Kier alpha value is -1.89. The minimum atomic E-state index is -0.998. The highest BCUT2D eigenvalue weighted by atomic mass is 16.4. The second-order valence-corrected chi connectivity index (χ2v) is 10.2. The lowest BCUT2D eigenvalue weighted by Crippen LogP contribution is -2.59. The first-order valence-corrected chi connectivity index (χ1v) is 12.1. The van der Waals surface area contributed by atoms with Gasteiger partial charge in [-0.2, -0.15) is 0 Å². The summed E-state index contributed by atoms with van der Waals surface area (Å²) in [4.78, 5) is 41.9. The van der Waals surface area contributed by atoms with Gasteiger partial charge in [0.05, 0.1) is 12.1 Å². The molecule has 1 fully saturated rings. The maximum Gasteiger partial charge on any atom is 0.331 e. The fourth-order valence-corrected chi connectivity index (χ4v) is 4.47. The Labute approximate surface area is 194 Å². The zero-order valence-corrected chi connectivity index (χ0v) is 21.5. The molecule has 32 heavy (non-hydrogen) atoms. The quantitative estimate of drug-likeness (QED) is 0.496. The summed E-state index contributed by atoms with van der Waals surface area (Å²) < 4.78 is 0. The third kappa shape index (κ3) is 7.32. The van der Waals surface area contributed by atoms with Crippen molar-refractivity contribution in [2.24, 2.45) is 17.8 Å². The monoisotopic (exact) mass is 451 g/mol. The number of rotatable bonds is 10. The Morgan fingerprint density at radius 1 is 1.09 bits per heavy atom. The van der Waals surface area contributed by atoms with Crippen LogP contribution in [0.25, 0.3) is 0 Å². The maximum absolute atomic E-state index is 13.4. The van der Waals surface area contributed by atoms with E-state index in [1.54, 1.807) is 18.0 Å². The number of aliphatic carboxylic acids is 1. The van der Waals surface area contributed by atoms with Crippen molar-refractivity contribution in [1.82, 2.24) is 15.1 Å². The van der Waals surface area contributed by atoms with E-state index in [1.165, 1.54) is 6.92 Å². The number of piperidine rings is 1.